The molecular weight excluding hydrogens is 354 g/mol. The number of hydrazone groups is 1. The monoisotopic (exact) mass is 373 g/mol. The van der Waals surface area contributed by atoms with E-state index in [1.54, 1.807) is 19.4 Å². The van der Waals surface area contributed by atoms with Crippen molar-refractivity contribution in [1.29, 1.82) is 0 Å². The minimum absolute atomic E-state index is 0.0740. The number of fused-ring (bicyclic) bond motifs is 3. The number of phenolic OH excluding ortho intramolecular Hbond substituents is 1. The van der Waals surface area contributed by atoms with Crippen LogP contribution in [0.5, 0.6) is 17.2 Å². The van der Waals surface area contributed by atoms with Crippen LogP contribution in [-0.4, -0.2) is 27.9 Å². The van der Waals surface area contributed by atoms with Crippen molar-refractivity contribution in [2.75, 3.05) is 7.11 Å². The van der Waals surface area contributed by atoms with Gasteiger partial charge in [-0.05, 0) is 30.3 Å². The average Bonchev–Trinajstić information content (AvgIpc) is 3.20. The molecule has 3 heterocycles. The summed E-state index contributed by atoms with van der Waals surface area (Å²) in [6.45, 7) is 0. The van der Waals surface area contributed by atoms with E-state index in [2.05, 4.69) is 11.1 Å². The number of aromatic hydroxyl groups is 1. The van der Waals surface area contributed by atoms with E-state index in [1.807, 2.05) is 53.7 Å². The predicted octanol–water partition coefficient (Wildman–Crippen LogP) is 4.04. The number of methoxy groups -OCH3 is 1. The van der Waals surface area contributed by atoms with Gasteiger partial charge in [0.15, 0.2) is 11.5 Å². The molecule has 5 rings (SSSR count). The Balaban J connectivity index is 1.58. The number of aromatic nitrogens is 1. The summed E-state index contributed by atoms with van der Waals surface area (Å²) in [6.07, 6.45) is 3.96. The Bertz CT molecular complexity index is 1050. The summed E-state index contributed by atoms with van der Waals surface area (Å²) in [6, 6.07) is 17.4. The fourth-order valence-corrected chi connectivity index (χ4v) is 3.81. The molecule has 1 N–H and O–H groups in total. The van der Waals surface area contributed by atoms with Crippen LogP contribution >= 0.6 is 0 Å². The Labute approximate surface area is 162 Å². The number of phenols is 1. The van der Waals surface area contributed by atoms with Crippen molar-refractivity contribution in [2.24, 2.45) is 5.10 Å². The molecule has 0 saturated carbocycles. The highest BCUT2D eigenvalue weighted by atomic mass is 16.5. The molecule has 0 aliphatic carbocycles. The smallest absolute Gasteiger partial charge is 0.215 e. The molecule has 0 radical (unpaired) electrons. The maximum absolute atomic E-state index is 9.90. The van der Waals surface area contributed by atoms with Gasteiger partial charge in [-0.1, -0.05) is 24.3 Å². The van der Waals surface area contributed by atoms with Gasteiger partial charge in [0.2, 0.25) is 6.23 Å². The molecule has 28 heavy (non-hydrogen) atoms. The van der Waals surface area contributed by atoms with E-state index in [0.717, 1.165) is 34.6 Å². The summed E-state index contributed by atoms with van der Waals surface area (Å²) in [5.74, 6) is 1.42. The van der Waals surface area contributed by atoms with E-state index in [0.29, 0.717) is 5.75 Å². The molecule has 2 aliphatic rings. The molecule has 2 aliphatic heterocycles. The molecule has 0 saturated heterocycles. The zero-order chi connectivity index (χ0) is 19.1. The number of para-hydroxylation sites is 1. The van der Waals surface area contributed by atoms with Crippen molar-refractivity contribution >= 4 is 5.71 Å². The first-order valence-electron chi connectivity index (χ1n) is 9.13. The standard InChI is InChI=1S/C22H19N3O3/c1-27-21-11-14(8-9-19(21)26)17-12-18-16-6-2-3-7-20(16)28-22(25(18)24-17)15-5-4-10-23-13-15/h2-11,13,18,22,26H,12H2,1H3/t18-,22+/m0/s1. The summed E-state index contributed by atoms with van der Waals surface area (Å²) in [5, 5.41) is 16.8. The van der Waals surface area contributed by atoms with Crippen LogP contribution < -0.4 is 9.47 Å². The number of ether oxygens (including phenoxy) is 2. The van der Waals surface area contributed by atoms with Gasteiger partial charge in [-0.25, -0.2) is 5.01 Å². The lowest BCUT2D eigenvalue weighted by Crippen LogP contribution is -2.33. The van der Waals surface area contributed by atoms with E-state index in [9.17, 15) is 5.11 Å². The largest absolute Gasteiger partial charge is 0.504 e. The van der Waals surface area contributed by atoms with Crippen LogP contribution in [0.15, 0.2) is 72.1 Å². The molecule has 6 nitrogen and oxygen atoms in total. The Hall–Kier alpha value is -3.54. The van der Waals surface area contributed by atoms with E-state index in [-0.39, 0.29) is 18.0 Å². The normalized spacial score (nSPS) is 20.0. The molecule has 0 bridgehead atoms. The van der Waals surface area contributed by atoms with Gasteiger partial charge >= 0.3 is 0 Å². The number of pyridine rings is 1. The number of nitrogens with zero attached hydrogens (tertiary/aromatic N) is 3. The van der Waals surface area contributed by atoms with Crippen LogP contribution in [0.25, 0.3) is 0 Å². The molecule has 6 heteroatoms. The molecule has 0 fully saturated rings. The van der Waals surface area contributed by atoms with Crippen LogP contribution in [-0.2, 0) is 0 Å². The first-order valence-corrected chi connectivity index (χ1v) is 9.13. The molecule has 0 amide bonds. The zero-order valence-electron chi connectivity index (χ0n) is 15.3. The van der Waals surface area contributed by atoms with Gasteiger partial charge in [0.25, 0.3) is 0 Å². The SMILES string of the molecule is COc1cc(C2=NN3[C@@H](c4cccnc4)Oc4ccccc4[C@@H]3C2)ccc1O. The van der Waals surface area contributed by atoms with Gasteiger partial charge < -0.3 is 14.6 Å². The number of hydrogen-bond acceptors (Lipinski definition) is 6. The summed E-state index contributed by atoms with van der Waals surface area (Å²) < 4.78 is 11.6. The predicted molar refractivity (Wildman–Crippen MR) is 104 cm³/mol. The molecule has 140 valence electrons. The van der Waals surface area contributed by atoms with Gasteiger partial charge in [0, 0.05) is 35.5 Å². The highest BCUT2D eigenvalue weighted by molar-refractivity contribution is 6.02. The quantitative estimate of drug-likeness (QED) is 0.751. The molecule has 2 aromatic carbocycles. The Morgan fingerprint density at radius 3 is 2.86 bits per heavy atom. The first-order chi connectivity index (χ1) is 13.7. The summed E-state index contributed by atoms with van der Waals surface area (Å²) >= 11 is 0. The molecule has 0 spiro atoms. The molecule has 1 aromatic heterocycles. The second-order valence-corrected chi connectivity index (χ2v) is 6.83. The van der Waals surface area contributed by atoms with Gasteiger partial charge in [0.1, 0.15) is 5.75 Å². The van der Waals surface area contributed by atoms with Crippen LogP contribution in [0.3, 0.4) is 0 Å². The van der Waals surface area contributed by atoms with Crippen LogP contribution in [0.1, 0.15) is 35.4 Å². The topological polar surface area (TPSA) is 67.2 Å². The minimum atomic E-state index is -0.342. The van der Waals surface area contributed by atoms with Gasteiger partial charge in [0.05, 0.1) is 18.9 Å². The third-order valence-electron chi connectivity index (χ3n) is 5.18. The highest BCUT2D eigenvalue weighted by Gasteiger charge is 2.40. The van der Waals surface area contributed by atoms with E-state index in [1.165, 1.54) is 0 Å². The lowest BCUT2D eigenvalue weighted by Gasteiger charge is -2.38. The van der Waals surface area contributed by atoms with Gasteiger partial charge in [-0.2, -0.15) is 5.10 Å². The summed E-state index contributed by atoms with van der Waals surface area (Å²) in [4.78, 5) is 4.24. The third kappa shape index (κ3) is 2.65. The van der Waals surface area contributed by atoms with E-state index < -0.39 is 0 Å². The lowest BCUT2D eigenvalue weighted by molar-refractivity contribution is -0.0192. The van der Waals surface area contributed by atoms with E-state index >= 15 is 0 Å². The van der Waals surface area contributed by atoms with Gasteiger partial charge in [-0.3, -0.25) is 4.98 Å². The maximum Gasteiger partial charge on any atom is 0.215 e. The van der Waals surface area contributed by atoms with Crippen LogP contribution in [0.4, 0.5) is 0 Å². The summed E-state index contributed by atoms with van der Waals surface area (Å²) in [7, 11) is 1.54. The van der Waals surface area contributed by atoms with Crippen molar-refractivity contribution in [2.45, 2.75) is 18.7 Å². The molecule has 3 aromatic rings. The Kier molecular flexibility index (Phi) is 3.90. The average molecular weight is 373 g/mol. The van der Waals surface area contributed by atoms with Crippen molar-refractivity contribution in [3.8, 4) is 17.2 Å². The molecular formula is C22H19N3O3. The fraction of sp³-hybridized carbons (Fsp3) is 0.182. The fourth-order valence-electron chi connectivity index (χ4n) is 3.81. The number of hydrogen-bond donors (Lipinski definition) is 1. The Morgan fingerprint density at radius 1 is 1.14 bits per heavy atom. The number of rotatable bonds is 3. The minimum Gasteiger partial charge on any atom is -0.504 e. The second-order valence-electron chi connectivity index (χ2n) is 6.83. The third-order valence-corrected chi connectivity index (χ3v) is 5.18. The zero-order valence-corrected chi connectivity index (χ0v) is 15.3. The second kappa shape index (κ2) is 6.56. The first kappa shape index (κ1) is 16.6. The summed E-state index contributed by atoms with van der Waals surface area (Å²) in [5.41, 5.74) is 3.92. The van der Waals surface area contributed by atoms with E-state index in [4.69, 9.17) is 14.6 Å². The maximum atomic E-state index is 9.90. The van der Waals surface area contributed by atoms with Gasteiger partial charge in [-0.15, -0.1) is 0 Å². The van der Waals surface area contributed by atoms with Crippen molar-refractivity contribution in [3.63, 3.8) is 0 Å². The van der Waals surface area contributed by atoms with Crippen molar-refractivity contribution < 1.29 is 14.6 Å². The van der Waals surface area contributed by atoms with Crippen LogP contribution in [0, 0.1) is 0 Å². The lowest BCUT2D eigenvalue weighted by atomic mass is 9.96. The Morgan fingerprint density at radius 2 is 2.04 bits per heavy atom. The molecule has 0 unspecified atom stereocenters. The highest BCUT2D eigenvalue weighted by Crippen LogP contribution is 2.47. The molecule has 2 atom stereocenters. The van der Waals surface area contributed by atoms with Crippen LogP contribution in [0.2, 0.25) is 0 Å². The number of benzene rings is 2. The van der Waals surface area contributed by atoms with Crippen molar-refractivity contribution in [3.05, 3.63) is 83.7 Å². The van der Waals surface area contributed by atoms with Crippen molar-refractivity contribution in [1.82, 2.24) is 9.99 Å².